The molecule has 1 fully saturated rings. The van der Waals surface area contributed by atoms with Gasteiger partial charge in [0.25, 0.3) is 0 Å². The lowest BCUT2D eigenvalue weighted by molar-refractivity contribution is -0.113. The molecule has 1 nitrogen and oxygen atoms in total. The van der Waals surface area contributed by atoms with Crippen LogP contribution in [0.25, 0.3) is 0 Å². The molecule has 1 aliphatic carbocycles. The minimum Gasteiger partial charge on any atom is -0.324 e. The van der Waals surface area contributed by atoms with Gasteiger partial charge in [0.1, 0.15) is 0 Å². The zero-order valence-corrected chi connectivity index (χ0v) is 8.50. The SMILES string of the molecule is NC(CC1CC(F)(F)C1)c1ccccc1. The van der Waals surface area contributed by atoms with Crippen LogP contribution in [0.15, 0.2) is 30.3 Å². The van der Waals surface area contributed by atoms with E-state index < -0.39 is 5.92 Å². The van der Waals surface area contributed by atoms with Gasteiger partial charge < -0.3 is 5.73 Å². The maximum Gasteiger partial charge on any atom is 0.248 e. The van der Waals surface area contributed by atoms with E-state index in [1.165, 1.54) is 0 Å². The van der Waals surface area contributed by atoms with Gasteiger partial charge in [0.05, 0.1) is 0 Å². The van der Waals surface area contributed by atoms with E-state index in [0.29, 0.717) is 6.42 Å². The van der Waals surface area contributed by atoms with E-state index in [0.717, 1.165) is 5.56 Å². The van der Waals surface area contributed by atoms with Crippen molar-refractivity contribution in [2.24, 2.45) is 11.7 Å². The monoisotopic (exact) mass is 211 g/mol. The van der Waals surface area contributed by atoms with Gasteiger partial charge in [-0.1, -0.05) is 30.3 Å². The second kappa shape index (κ2) is 3.89. The Balaban J connectivity index is 1.86. The van der Waals surface area contributed by atoms with E-state index in [-0.39, 0.29) is 24.8 Å². The molecule has 3 heteroatoms. The topological polar surface area (TPSA) is 26.0 Å². The van der Waals surface area contributed by atoms with E-state index in [9.17, 15) is 8.78 Å². The number of nitrogens with two attached hydrogens (primary N) is 1. The van der Waals surface area contributed by atoms with Crippen LogP contribution in [0.2, 0.25) is 0 Å². The first-order valence-corrected chi connectivity index (χ1v) is 5.25. The number of alkyl halides is 2. The summed E-state index contributed by atoms with van der Waals surface area (Å²) in [5, 5.41) is 0. The van der Waals surface area contributed by atoms with Gasteiger partial charge in [-0.05, 0) is 17.9 Å². The first kappa shape index (κ1) is 10.6. The zero-order valence-electron chi connectivity index (χ0n) is 8.50. The third kappa shape index (κ3) is 2.53. The molecule has 0 saturated heterocycles. The smallest absolute Gasteiger partial charge is 0.248 e. The van der Waals surface area contributed by atoms with Gasteiger partial charge in [-0.2, -0.15) is 0 Å². The molecule has 15 heavy (non-hydrogen) atoms. The number of hydrogen-bond acceptors (Lipinski definition) is 1. The Hall–Kier alpha value is -0.960. The standard InChI is InChI=1S/C12H15F2N/c13-12(14)7-9(8-12)6-11(15)10-4-2-1-3-5-10/h1-5,9,11H,6-8,15H2. The van der Waals surface area contributed by atoms with Crippen LogP contribution >= 0.6 is 0 Å². The Morgan fingerprint density at radius 2 is 1.87 bits per heavy atom. The first-order chi connectivity index (χ1) is 7.07. The largest absolute Gasteiger partial charge is 0.324 e. The third-order valence-electron chi connectivity index (χ3n) is 2.99. The van der Waals surface area contributed by atoms with Crippen LogP contribution in [-0.4, -0.2) is 5.92 Å². The third-order valence-corrected chi connectivity index (χ3v) is 2.99. The lowest BCUT2D eigenvalue weighted by atomic mass is 9.77. The molecule has 0 radical (unpaired) electrons. The minimum absolute atomic E-state index is 0.00747. The zero-order chi connectivity index (χ0) is 10.9. The Labute approximate surface area is 88.3 Å². The van der Waals surface area contributed by atoms with Crippen molar-refractivity contribution in [3.63, 3.8) is 0 Å². The molecule has 1 saturated carbocycles. The highest BCUT2D eigenvalue weighted by Crippen LogP contribution is 2.45. The highest BCUT2D eigenvalue weighted by molar-refractivity contribution is 5.18. The van der Waals surface area contributed by atoms with Gasteiger partial charge in [0.15, 0.2) is 0 Å². The fraction of sp³-hybridized carbons (Fsp3) is 0.500. The summed E-state index contributed by atoms with van der Waals surface area (Å²) in [6, 6.07) is 9.55. The highest BCUT2D eigenvalue weighted by atomic mass is 19.3. The van der Waals surface area contributed by atoms with Gasteiger partial charge in [-0.3, -0.25) is 0 Å². The maximum absolute atomic E-state index is 12.6. The molecule has 82 valence electrons. The van der Waals surface area contributed by atoms with E-state index in [2.05, 4.69) is 0 Å². The highest BCUT2D eigenvalue weighted by Gasteiger charge is 2.45. The fourth-order valence-electron chi connectivity index (χ4n) is 2.15. The summed E-state index contributed by atoms with van der Waals surface area (Å²) in [7, 11) is 0. The van der Waals surface area contributed by atoms with E-state index in [4.69, 9.17) is 5.73 Å². The number of benzene rings is 1. The molecule has 1 aliphatic rings. The van der Waals surface area contributed by atoms with Crippen LogP contribution in [0.4, 0.5) is 8.78 Å². The second-order valence-electron chi connectivity index (χ2n) is 4.38. The van der Waals surface area contributed by atoms with Crippen molar-refractivity contribution in [2.45, 2.75) is 31.2 Å². The second-order valence-corrected chi connectivity index (χ2v) is 4.38. The quantitative estimate of drug-likeness (QED) is 0.816. The van der Waals surface area contributed by atoms with Gasteiger partial charge >= 0.3 is 0 Å². The predicted octanol–water partition coefficient (Wildman–Crippen LogP) is 3.12. The van der Waals surface area contributed by atoms with E-state index in [1.54, 1.807) is 0 Å². The molecule has 1 aromatic rings. The van der Waals surface area contributed by atoms with Crippen LogP contribution in [-0.2, 0) is 0 Å². The summed E-state index contributed by atoms with van der Waals surface area (Å²) >= 11 is 0. The van der Waals surface area contributed by atoms with Gasteiger partial charge in [-0.25, -0.2) is 8.78 Å². The molecule has 0 spiro atoms. The van der Waals surface area contributed by atoms with Crippen LogP contribution in [0, 0.1) is 5.92 Å². The van der Waals surface area contributed by atoms with Crippen molar-refractivity contribution in [1.29, 1.82) is 0 Å². The average Bonchev–Trinajstić information content (AvgIpc) is 2.16. The fourth-order valence-corrected chi connectivity index (χ4v) is 2.15. The maximum atomic E-state index is 12.6. The number of hydrogen-bond donors (Lipinski definition) is 1. The molecule has 0 amide bonds. The minimum atomic E-state index is -2.43. The molecule has 0 bridgehead atoms. The molecular formula is C12H15F2N. The summed E-state index contributed by atoms with van der Waals surface area (Å²) in [6.45, 7) is 0. The van der Waals surface area contributed by atoms with Crippen molar-refractivity contribution in [3.8, 4) is 0 Å². The van der Waals surface area contributed by atoms with Crippen molar-refractivity contribution < 1.29 is 8.78 Å². The lowest BCUT2D eigenvalue weighted by Gasteiger charge is -2.36. The van der Waals surface area contributed by atoms with Crippen LogP contribution < -0.4 is 5.73 Å². The molecule has 1 unspecified atom stereocenters. The van der Waals surface area contributed by atoms with Crippen molar-refractivity contribution in [3.05, 3.63) is 35.9 Å². The van der Waals surface area contributed by atoms with Gasteiger partial charge in [0.2, 0.25) is 5.92 Å². The molecule has 2 N–H and O–H groups in total. The Morgan fingerprint density at radius 3 is 2.40 bits per heavy atom. The normalized spacial score (nSPS) is 22.1. The molecule has 2 rings (SSSR count). The Bertz CT molecular complexity index is 316. The van der Waals surface area contributed by atoms with E-state index >= 15 is 0 Å². The molecule has 1 aromatic carbocycles. The predicted molar refractivity (Wildman–Crippen MR) is 55.7 cm³/mol. The summed E-state index contributed by atoms with van der Waals surface area (Å²) in [5.41, 5.74) is 6.98. The summed E-state index contributed by atoms with van der Waals surface area (Å²) in [6.07, 6.45) is 0.681. The van der Waals surface area contributed by atoms with Crippen molar-refractivity contribution >= 4 is 0 Å². The van der Waals surface area contributed by atoms with Crippen LogP contribution in [0.5, 0.6) is 0 Å². The van der Waals surface area contributed by atoms with Crippen molar-refractivity contribution in [2.75, 3.05) is 0 Å². The lowest BCUT2D eigenvalue weighted by Crippen LogP contribution is -2.37. The summed E-state index contributed by atoms with van der Waals surface area (Å²) in [4.78, 5) is 0. The van der Waals surface area contributed by atoms with Gasteiger partial charge in [-0.15, -0.1) is 0 Å². The van der Waals surface area contributed by atoms with Crippen LogP contribution in [0.1, 0.15) is 30.9 Å². The molecular weight excluding hydrogens is 196 g/mol. The summed E-state index contributed by atoms with van der Waals surface area (Å²) < 4.78 is 25.2. The summed E-state index contributed by atoms with van der Waals surface area (Å²) in [5.74, 6) is -2.34. The first-order valence-electron chi connectivity index (χ1n) is 5.25. The molecule has 0 heterocycles. The van der Waals surface area contributed by atoms with E-state index in [1.807, 2.05) is 30.3 Å². The molecule has 0 aliphatic heterocycles. The van der Waals surface area contributed by atoms with Crippen LogP contribution in [0.3, 0.4) is 0 Å². The average molecular weight is 211 g/mol. The molecule has 1 atom stereocenters. The Kier molecular flexibility index (Phi) is 2.74. The Morgan fingerprint density at radius 1 is 1.27 bits per heavy atom. The van der Waals surface area contributed by atoms with Crippen molar-refractivity contribution in [1.82, 2.24) is 0 Å². The number of halogens is 2. The number of rotatable bonds is 3. The van der Waals surface area contributed by atoms with Gasteiger partial charge in [0, 0.05) is 18.9 Å². The molecule has 0 aromatic heterocycles.